The lowest BCUT2D eigenvalue weighted by Gasteiger charge is -2.23. The summed E-state index contributed by atoms with van der Waals surface area (Å²) in [5.74, 6) is -0.473. The third kappa shape index (κ3) is 3.48. The quantitative estimate of drug-likeness (QED) is 0.691. The first-order valence-electron chi connectivity index (χ1n) is 9.04. The number of rotatable bonds is 4. The molecule has 2 heterocycles. The molecule has 146 valence electrons. The number of hydrogen-bond donors (Lipinski definition) is 1. The van der Waals surface area contributed by atoms with Gasteiger partial charge >= 0.3 is 0 Å². The first-order chi connectivity index (χ1) is 14.0. The van der Waals surface area contributed by atoms with E-state index in [1.54, 1.807) is 54.6 Å². The molecule has 6 nitrogen and oxygen atoms in total. The van der Waals surface area contributed by atoms with E-state index in [0.29, 0.717) is 22.7 Å². The zero-order valence-corrected chi connectivity index (χ0v) is 15.6. The summed E-state index contributed by atoms with van der Waals surface area (Å²) in [4.78, 5) is 30.3. The minimum absolute atomic E-state index is 0.0664. The van der Waals surface area contributed by atoms with Crippen LogP contribution in [0.5, 0.6) is 0 Å². The molecule has 0 aliphatic carbocycles. The summed E-state index contributed by atoms with van der Waals surface area (Å²) in [5.41, 5.74) is 7.74. The molecule has 0 spiro atoms. The van der Waals surface area contributed by atoms with Gasteiger partial charge in [0.25, 0.3) is 5.91 Å². The number of Topliss-reactive ketones (excluding diaryl/α,β-unsaturated/α-hetero) is 1. The number of carbonyl (C=O) groups is 2. The molecule has 1 aliphatic rings. The SMILES string of the molecule is CC(=O)c1ccc(CN2C(=O)[C@@H](N)N=C(c3ccccc3F)c3ccccc32)o1. The number of ketones is 1. The molecule has 3 aromatic rings. The molecule has 1 aromatic heterocycles. The maximum absolute atomic E-state index is 14.5. The fraction of sp³-hybridized carbons (Fsp3) is 0.136. The number of furan rings is 1. The van der Waals surface area contributed by atoms with Gasteiger partial charge in [-0.2, -0.15) is 0 Å². The van der Waals surface area contributed by atoms with Gasteiger partial charge in [-0.1, -0.05) is 30.3 Å². The Labute approximate surface area is 166 Å². The molecule has 1 atom stereocenters. The number of nitrogens with zero attached hydrogens (tertiary/aromatic N) is 2. The average molecular weight is 391 g/mol. The van der Waals surface area contributed by atoms with E-state index in [1.807, 2.05) is 0 Å². The summed E-state index contributed by atoms with van der Waals surface area (Å²) < 4.78 is 20.0. The topological polar surface area (TPSA) is 88.9 Å². The van der Waals surface area contributed by atoms with E-state index in [4.69, 9.17) is 10.2 Å². The van der Waals surface area contributed by atoms with Crippen molar-refractivity contribution >= 4 is 23.1 Å². The molecule has 1 amide bonds. The average Bonchev–Trinajstić information content (AvgIpc) is 3.16. The number of nitrogens with two attached hydrogens (primary N) is 1. The van der Waals surface area contributed by atoms with Crippen molar-refractivity contribution in [3.8, 4) is 0 Å². The molecule has 1 aliphatic heterocycles. The molecule has 0 bridgehead atoms. The maximum Gasteiger partial charge on any atom is 0.266 e. The molecule has 7 heteroatoms. The Morgan fingerprint density at radius 2 is 1.79 bits per heavy atom. The molecule has 0 saturated heterocycles. The van der Waals surface area contributed by atoms with Crippen molar-refractivity contribution in [3.05, 3.63) is 89.1 Å². The molecular formula is C22H18FN3O3. The van der Waals surface area contributed by atoms with E-state index in [0.717, 1.165) is 0 Å². The summed E-state index contributed by atoms with van der Waals surface area (Å²) in [7, 11) is 0. The van der Waals surface area contributed by atoms with Gasteiger partial charge in [-0.25, -0.2) is 4.39 Å². The summed E-state index contributed by atoms with van der Waals surface area (Å²) in [6, 6.07) is 16.5. The number of halogens is 1. The van der Waals surface area contributed by atoms with Crippen LogP contribution < -0.4 is 10.6 Å². The van der Waals surface area contributed by atoms with Crippen molar-refractivity contribution in [1.82, 2.24) is 0 Å². The highest BCUT2D eigenvalue weighted by Crippen LogP contribution is 2.30. The van der Waals surface area contributed by atoms with Gasteiger partial charge in [-0.3, -0.25) is 14.6 Å². The molecule has 0 unspecified atom stereocenters. The minimum atomic E-state index is -1.21. The zero-order valence-electron chi connectivity index (χ0n) is 15.6. The van der Waals surface area contributed by atoms with E-state index in [1.165, 1.54) is 17.9 Å². The molecule has 0 radical (unpaired) electrons. The van der Waals surface area contributed by atoms with E-state index in [9.17, 15) is 14.0 Å². The zero-order chi connectivity index (χ0) is 20.5. The van der Waals surface area contributed by atoms with Crippen LogP contribution in [0.2, 0.25) is 0 Å². The maximum atomic E-state index is 14.5. The summed E-state index contributed by atoms with van der Waals surface area (Å²) in [5, 5.41) is 0. The fourth-order valence-corrected chi connectivity index (χ4v) is 3.29. The molecule has 2 aromatic carbocycles. The van der Waals surface area contributed by atoms with E-state index >= 15 is 0 Å². The Kier molecular flexibility index (Phi) is 4.82. The summed E-state index contributed by atoms with van der Waals surface area (Å²) in [6.07, 6.45) is -1.21. The fourth-order valence-electron chi connectivity index (χ4n) is 3.29. The van der Waals surface area contributed by atoms with Gasteiger partial charge in [0.2, 0.25) is 0 Å². The van der Waals surface area contributed by atoms with Crippen LogP contribution in [0.1, 0.15) is 34.4 Å². The van der Waals surface area contributed by atoms with Crippen molar-refractivity contribution in [2.45, 2.75) is 19.6 Å². The van der Waals surface area contributed by atoms with Crippen LogP contribution in [0.15, 0.2) is 70.1 Å². The van der Waals surface area contributed by atoms with E-state index < -0.39 is 17.9 Å². The number of benzene rings is 2. The highest BCUT2D eigenvalue weighted by molar-refractivity contribution is 6.20. The van der Waals surface area contributed by atoms with Crippen LogP contribution in [0.25, 0.3) is 0 Å². The smallest absolute Gasteiger partial charge is 0.266 e. The molecule has 2 N–H and O–H groups in total. The lowest BCUT2D eigenvalue weighted by atomic mass is 9.99. The molecular weight excluding hydrogens is 373 g/mol. The first-order valence-corrected chi connectivity index (χ1v) is 9.04. The third-order valence-corrected chi connectivity index (χ3v) is 4.69. The van der Waals surface area contributed by atoms with Crippen molar-refractivity contribution < 1.29 is 18.4 Å². The lowest BCUT2D eigenvalue weighted by molar-refractivity contribution is -0.119. The highest BCUT2D eigenvalue weighted by atomic mass is 19.1. The Hall–Kier alpha value is -3.58. The van der Waals surface area contributed by atoms with Gasteiger partial charge < -0.3 is 15.1 Å². The third-order valence-electron chi connectivity index (χ3n) is 4.69. The second-order valence-electron chi connectivity index (χ2n) is 6.67. The van der Waals surface area contributed by atoms with Crippen LogP contribution in [0.3, 0.4) is 0 Å². The number of carbonyl (C=O) groups excluding carboxylic acids is 2. The van der Waals surface area contributed by atoms with Crippen LogP contribution in [0, 0.1) is 5.82 Å². The number of hydrogen-bond acceptors (Lipinski definition) is 5. The van der Waals surface area contributed by atoms with E-state index in [-0.39, 0.29) is 23.7 Å². The predicted molar refractivity (Wildman–Crippen MR) is 106 cm³/mol. The van der Waals surface area contributed by atoms with E-state index in [2.05, 4.69) is 4.99 Å². The van der Waals surface area contributed by atoms with Gasteiger partial charge in [0, 0.05) is 18.1 Å². The summed E-state index contributed by atoms with van der Waals surface area (Å²) in [6.45, 7) is 1.47. The van der Waals surface area contributed by atoms with Crippen molar-refractivity contribution in [1.29, 1.82) is 0 Å². The second kappa shape index (κ2) is 7.44. The molecule has 0 saturated carbocycles. The number of amides is 1. The Balaban J connectivity index is 1.81. The van der Waals surface area contributed by atoms with Gasteiger partial charge in [-0.05, 0) is 30.3 Å². The molecule has 4 rings (SSSR count). The van der Waals surface area contributed by atoms with Crippen LogP contribution in [-0.2, 0) is 11.3 Å². The largest absolute Gasteiger partial charge is 0.456 e. The summed E-state index contributed by atoms with van der Waals surface area (Å²) >= 11 is 0. The minimum Gasteiger partial charge on any atom is -0.456 e. The number of para-hydroxylation sites is 1. The second-order valence-corrected chi connectivity index (χ2v) is 6.67. The molecule has 29 heavy (non-hydrogen) atoms. The number of anilines is 1. The normalized spacial score (nSPS) is 16.2. The van der Waals surface area contributed by atoms with Gasteiger partial charge in [0.1, 0.15) is 11.6 Å². The van der Waals surface area contributed by atoms with Crippen molar-refractivity contribution in [2.75, 3.05) is 4.90 Å². The first kappa shape index (κ1) is 18.8. The van der Waals surface area contributed by atoms with Crippen molar-refractivity contribution in [3.63, 3.8) is 0 Å². The monoisotopic (exact) mass is 391 g/mol. The Morgan fingerprint density at radius 1 is 1.10 bits per heavy atom. The van der Waals surface area contributed by atoms with Crippen LogP contribution >= 0.6 is 0 Å². The lowest BCUT2D eigenvalue weighted by Crippen LogP contribution is -2.41. The predicted octanol–water partition coefficient (Wildman–Crippen LogP) is 3.29. The van der Waals surface area contributed by atoms with Crippen molar-refractivity contribution in [2.24, 2.45) is 10.7 Å². The Morgan fingerprint density at radius 3 is 2.48 bits per heavy atom. The standard InChI is InChI=1S/C22H18FN3O3/c1-13(27)19-11-10-14(29-19)12-26-18-9-5-3-7-16(18)20(25-21(24)22(26)28)15-6-2-4-8-17(15)23/h2-11,21H,12,24H2,1H3/t21-/m0/s1. The molecule has 0 fully saturated rings. The van der Waals surface area contributed by atoms with Gasteiger partial charge in [-0.15, -0.1) is 0 Å². The number of benzodiazepines with no additional fused rings is 1. The van der Waals surface area contributed by atoms with Gasteiger partial charge in [0.15, 0.2) is 17.7 Å². The van der Waals surface area contributed by atoms with Crippen LogP contribution in [-0.4, -0.2) is 23.6 Å². The van der Waals surface area contributed by atoms with Gasteiger partial charge in [0.05, 0.1) is 17.9 Å². The van der Waals surface area contributed by atoms with Crippen LogP contribution in [0.4, 0.5) is 10.1 Å². The highest BCUT2D eigenvalue weighted by Gasteiger charge is 2.31. The number of fused-ring (bicyclic) bond motifs is 1. The number of aliphatic imine (C=N–C) groups is 1. The Bertz CT molecular complexity index is 1140.